The molecule has 2 amide bonds. The van der Waals surface area contributed by atoms with E-state index in [0.717, 1.165) is 39.1 Å². The second-order valence-corrected chi connectivity index (χ2v) is 4.92. The summed E-state index contributed by atoms with van der Waals surface area (Å²) in [5.41, 5.74) is 0. The number of rotatable bonds is 3. The number of hydrogen-bond donors (Lipinski definition) is 2. The molecular weight excluding hydrogens is 220 g/mol. The van der Waals surface area contributed by atoms with E-state index >= 15 is 0 Å². The first-order valence-corrected chi connectivity index (χ1v) is 6.48. The Labute approximate surface area is 102 Å². The zero-order chi connectivity index (χ0) is 12.1. The Morgan fingerprint density at radius 3 is 2.53 bits per heavy atom. The Morgan fingerprint density at radius 2 is 1.88 bits per heavy atom. The summed E-state index contributed by atoms with van der Waals surface area (Å²) in [6.07, 6.45) is 2.99. The second-order valence-electron chi connectivity index (χ2n) is 4.92. The van der Waals surface area contributed by atoms with Gasteiger partial charge in [-0.2, -0.15) is 0 Å². The molecule has 0 aromatic heterocycles. The Balaban J connectivity index is 1.69. The van der Waals surface area contributed by atoms with Gasteiger partial charge in [-0.15, -0.1) is 0 Å². The van der Waals surface area contributed by atoms with E-state index in [2.05, 4.69) is 17.6 Å². The molecule has 2 fully saturated rings. The lowest BCUT2D eigenvalue weighted by Gasteiger charge is -2.28. The van der Waals surface area contributed by atoms with Gasteiger partial charge >= 0.3 is 6.03 Å². The van der Waals surface area contributed by atoms with Crippen molar-refractivity contribution >= 4 is 6.03 Å². The van der Waals surface area contributed by atoms with E-state index in [-0.39, 0.29) is 18.1 Å². The number of amides is 2. The zero-order valence-corrected chi connectivity index (χ0v) is 10.4. The van der Waals surface area contributed by atoms with E-state index < -0.39 is 0 Å². The van der Waals surface area contributed by atoms with E-state index in [1.54, 1.807) is 0 Å². The van der Waals surface area contributed by atoms with Gasteiger partial charge in [0.05, 0.1) is 12.6 Å². The van der Waals surface area contributed by atoms with Gasteiger partial charge in [0, 0.05) is 25.9 Å². The van der Waals surface area contributed by atoms with Gasteiger partial charge in [0.15, 0.2) is 0 Å². The smallest absolute Gasteiger partial charge is 0.315 e. The summed E-state index contributed by atoms with van der Waals surface area (Å²) < 4.78 is 10.5. The van der Waals surface area contributed by atoms with Crippen molar-refractivity contribution in [3.8, 4) is 0 Å². The molecule has 5 nitrogen and oxygen atoms in total. The third-order valence-corrected chi connectivity index (χ3v) is 3.60. The maximum atomic E-state index is 11.7. The second kappa shape index (κ2) is 6.21. The summed E-state index contributed by atoms with van der Waals surface area (Å²) in [4.78, 5) is 11.7. The number of hydrogen-bond acceptors (Lipinski definition) is 3. The largest absolute Gasteiger partial charge is 0.381 e. The molecule has 0 spiro atoms. The topological polar surface area (TPSA) is 59.6 Å². The highest BCUT2D eigenvalue weighted by Gasteiger charge is 2.23. The average molecular weight is 242 g/mol. The molecule has 17 heavy (non-hydrogen) atoms. The van der Waals surface area contributed by atoms with Crippen molar-refractivity contribution in [3.63, 3.8) is 0 Å². The Morgan fingerprint density at radius 1 is 1.18 bits per heavy atom. The van der Waals surface area contributed by atoms with Crippen molar-refractivity contribution in [3.05, 3.63) is 0 Å². The van der Waals surface area contributed by atoms with Crippen molar-refractivity contribution in [2.45, 2.75) is 38.3 Å². The minimum atomic E-state index is -0.0699. The number of nitrogens with one attached hydrogen (secondary N) is 2. The van der Waals surface area contributed by atoms with Crippen LogP contribution >= 0.6 is 0 Å². The SMILES string of the molecule is CC(NC(=O)NC1CCOC1)C1CCOCC1. The van der Waals surface area contributed by atoms with Gasteiger partial charge in [-0.25, -0.2) is 4.79 Å². The van der Waals surface area contributed by atoms with E-state index in [0.29, 0.717) is 12.5 Å². The Kier molecular flexibility index (Phi) is 4.62. The molecule has 0 aliphatic carbocycles. The summed E-state index contributed by atoms with van der Waals surface area (Å²) >= 11 is 0. The minimum Gasteiger partial charge on any atom is -0.381 e. The van der Waals surface area contributed by atoms with Gasteiger partial charge in [-0.1, -0.05) is 0 Å². The molecule has 0 bridgehead atoms. The van der Waals surface area contributed by atoms with Crippen molar-refractivity contribution in [1.29, 1.82) is 0 Å². The van der Waals surface area contributed by atoms with Crippen LogP contribution in [0.15, 0.2) is 0 Å². The van der Waals surface area contributed by atoms with Crippen LogP contribution in [0.5, 0.6) is 0 Å². The number of ether oxygens (including phenoxy) is 2. The lowest BCUT2D eigenvalue weighted by molar-refractivity contribution is 0.0570. The van der Waals surface area contributed by atoms with Crippen molar-refractivity contribution < 1.29 is 14.3 Å². The fourth-order valence-corrected chi connectivity index (χ4v) is 2.42. The molecule has 2 saturated heterocycles. The highest BCUT2D eigenvalue weighted by atomic mass is 16.5. The molecule has 0 aromatic rings. The number of urea groups is 1. The predicted molar refractivity (Wildman–Crippen MR) is 63.9 cm³/mol. The van der Waals surface area contributed by atoms with Gasteiger partial charge in [0.1, 0.15) is 0 Å². The van der Waals surface area contributed by atoms with Crippen molar-refractivity contribution in [1.82, 2.24) is 10.6 Å². The lowest BCUT2D eigenvalue weighted by Crippen LogP contribution is -2.48. The van der Waals surface area contributed by atoms with E-state index in [1.165, 1.54) is 0 Å². The molecule has 2 heterocycles. The van der Waals surface area contributed by atoms with Gasteiger partial charge in [0.25, 0.3) is 0 Å². The molecule has 5 heteroatoms. The highest BCUT2D eigenvalue weighted by molar-refractivity contribution is 5.74. The average Bonchev–Trinajstić information content (AvgIpc) is 2.82. The Bertz CT molecular complexity index is 248. The minimum absolute atomic E-state index is 0.0699. The molecule has 0 aromatic carbocycles. The van der Waals surface area contributed by atoms with Gasteiger partial charge in [-0.05, 0) is 32.1 Å². The summed E-state index contributed by atoms with van der Waals surface area (Å²) in [6, 6.07) is 0.317. The fourth-order valence-electron chi connectivity index (χ4n) is 2.42. The van der Waals surface area contributed by atoms with Crippen LogP contribution in [-0.2, 0) is 9.47 Å². The van der Waals surface area contributed by atoms with Crippen molar-refractivity contribution in [2.24, 2.45) is 5.92 Å². The van der Waals surface area contributed by atoms with Crippen LogP contribution in [0.1, 0.15) is 26.2 Å². The number of carbonyl (C=O) groups is 1. The maximum absolute atomic E-state index is 11.7. The molecule has 2 unspecified atom stereocenters. The quantitative estimate of drug-likeness (QED) is 0.772. The third-order valence-electron chi connectivity index (χ3n) is 3.60. The van der Waals surface area contributed by atoms with Crippen LogP contribution < -0.4 is 10.6 Å². The molecule has 0 saturated carbocycles. The molecular formula is C12H22N2O3. The van der Waals surface area contributed by atoms with Crippen LogP contribution in [0.25, 0.3) is 0 Å². The normalized spacial score (nSPS) is 27.7. The Hall–Kier alpha value is -0.810. The van der Waals surface area contributed by atoms with Crippen LogP contribution in [0.4, 0.5) is 4.79 Å². The van der Waals surface area contributed by atoms with Gasteiger partial charge < -0.3 is 20.1 Å². The predicted octanol–water partition coefficient (Wildman–Crippen LogP) is 0.890. The molecule has 2 N–H and O–H groups in total. The van der Waals surface area contributed by atoms with E-state index in [1.807, 2.05) is 0 Å². The van der Waals surface area contributed by atoms with Crippen LogP contribution in [-0.4, -0.2) is 44.5 Å². The van der Waals surface area contributed by atoms with Gasteiger partial charge in [-0.3, -0.25) is 0 Å². The summed E-state index contributed by atoms with van der Waals surface area (Å²) in [6.45, 7) is 5.09. The van der Waals surface area contributed by atoms with E-state index in [9.17, 15) is 4.79 Å². The molecule has 98 valence electrons. The molecule has 0 radical (unpaired) electrons. The fraction of sp³-hybridized carbons (Fsp3) is 0.917. The monoisotopic (exact) mass is 242 g/mol. The van der Waals surface area contributed by atoms with Gasteiger partial charge in [0.2, 0.25) is 0 Å². The molecule has 2 aliphatic heterocycles. The first-order valence-electron chi connectivity index (χ1n) is 6.48. The third kappa shape index (κ3) is 3.85. The maximum Gasteiger partial charge on any atom is 0.315 e. The summed E-state index contributed by atoms with van der Waals surface area (Å²) in [7, 11) is 0. The summed E-state index contributed by atoms with van der Waals surface area (Å²) in [5, 5.41) is 5.96. The first-order chi connectivity index (χ1) is 8.25. The highest BCUT2D eigenvalue weighted by Crippen LogP contribution is 2.18. The molecule has 2 aliphatic rings. The first kappa shape index (κ1) is 12.6. The van der Waals surface area contributed by atoms with Crippen molar-refractivity contribution in [2.75, 3.05) is 26.4 Å². The lowest BCUT2D eigenvalue weighted by atomic mass is 9.93. The van der Waals surface area contributed by atoms with Crippen LogP contribution in [0.2, 0.25) is 0 Å². The van der Waals surface area contributed by atoms with Crippen LogP contribution in [0.3, 0.4) is 0 Å². The summed E-state index contributed by atoms with van der Waals surface area (Å²) in [5.74, 6) is 0.536. The standard InChI is InChI=1S/C12H22N2O3/c1-9(10-2-5-16-6-3-10)13-12(15)14-11-4-7-17-8-11/h9-11H,2-8H2,1H3,(H2,13,14,15). The van der Waals surface area contributed by atoms with E-state index in [4.69, 9.17) is 9.47 Å². The molecule has 2 rings (SSSR count). The molecule has 2 atom stereocenters. The zero-order valence-electron chi connectivity index (χ0n) is 10.4. The number of carbonyl (C=O) groups excluding carboxylic acids is 1. The van der Waals surface area contributed by atoms with Crippen LogP contribution in [0, 0.1) is 5.92 Å².